The molecule has 1 amide bonds. The van der Waals surface area contributed by atoms with Crippen molar-refractivity contribution in [3.63, 3.8) is 0 Å². The Morgan fingerprint density at radius 1 is 1.56 bits per heavy atom. The fourth-order valence-electron chi connectivity index (χ4n) is 2.45. The first kappa shape index (κ1) is 13.1. The molecule has 100 valence electrons. The molecule has 1 aliphatic heterocycles. The molecule has 0 unspecified atom stereocenters. The molecule has 1 atom stereocenters. The minimum absolute atomic E-state index is 0.0716. The molecule has 0 radical (unpaired) electrons. The van der Waals surface area contributed by atoms with Crippen LogP contribution in [0.3, 0.4) is 0 Å². The Morgan fingerprint density at radius 3 is 3.17 bits per heavy atom. The van der Waals surface area contributed by atoms with Gasteiger partial charge in [-0.1, -0.05) is 6.42 Å². The summed E-state index contributed by atoms with van der Waals surface area (Å²) in [6.45, 7) is 1.76. The lowest BCUT2D eigenvalue weighted by molar-refractivity contribution is -0.127. The van der Waals surface area contributed by atoms with Crippen LogP contribution in [0.25, 0.3) is 0 Å². The molecule has 1 aromatic heterocycles. The monoisotopic (exact) mass is 250 g/mol. The summed E-state index contributed by atoms with van der Waals surface area (Å²) < 4.78 is 5.25. The normalized spacial score (nSPS) is 20.8. The molecule has 0 aromatic carbocycles. The molecule has 2 heterocycles. The number of nitrogens with one attached hydrogen (secondary N) is 1. The quantitative estimate of drug-likeness (QED) is 0.811. The lowest BCUT2D eigenvalue weighted by atomic mass is 10.0. The van der Waals surface area contributed by atoms with Gasteiger partial charge >= 0.3 is 0 Å². The number of carbonyl (C=O) groups is 1. The molecule has 4 nitrogen and oxygen atoms in total. The second-order valence-electron chi connectivity index (χ2n) is 4.97. The van der Waals surface area contributed by atoms with E-state index in [0.29, 0.717) is 0 Å². The van der Waals surface area contributed by atoms with Gasteiger partial charge in [-0.2, -0.15) is 0 Å². The van der Waals surface area contributed by atoms with Crippen LogP contribution in [0.5, 0.6) is 0 Å². The zero-order valence-electron chi connectivity index (χ0n) is 11.0. The van der Waals surface area contributed by atoms with Gasteiger partial charge in [0.05, 0.1) is 12.3 Å². The van der Waals surface area contributed by atoms with Gasteiger partial charge in [0.25, 0.3) is 0 Å². The van der Waals surface area contributed by atoms with Crippen molar-refractivity contribution in [2.45, 2.75) is 38.1 Å². The fourth-order valence-corrected chi connectivity index (χ4v) is 2.45. The van der Waals surface area contributed by atoms with E-state index in [-0.39, 0.29) is 11.9 Å². The average Bonchev–Trinajstić information content (AvgIpc) is 2.88. The van der Waals surface area contributed by atoms with Gasteiger partial charge in [0.15, 0.2) is 0 Å². The van der Waals surface area contributed by atoms with E-state index < -0.39 is 0 Å². The molecular weight excluding hydrogens is 228 g/mol. The first-order chi connectivity index (χ1) is 8.77. The number of piperidine rings is 1. The van der Waals surface area contributed by atoms with E-state index in [2.05, 4.69) is 10.2 Å². The highest BCUT2D eigenvalue weighted by atomic mass is 16.3. The van der Waals surface area contributed by atoms with Crippen LogP contribution in [-0.4, -0.2) is 37.0 Å². The first-order valence-corrected chi connectivity index (χ1v) is 6.77. The summed E-state index contributed by atoms with van der Waals surface area (Å²) in [5.41, 5.74) is 0. The molecule has 4 heteroatoms. The molecule has 1 aromatic rings. The van der Waals surface area contributed by atoms with E-state index >= 15 is 0 Å². The summed E-state index contributed by atoms with van der Waals surface area (Å²) >= 11 is 0. The second-order valence-corrected chi connectivity index (χ2v) is 4.97. The smallest absolute Gasteiger partial charge is 0.237 e. The second kappa shape index (κ2) is 6.59. The highest BCUT2D eigenvalue weighted by molar-refractivity contribution is 5.81. The number of likely N-dealkylation sites (tertiary alicyclic amines) is 1. The molecule has 0 saturated carbocycles. The van der Waals surface area contributed by atoms with Crippen molar-refractivity contribution < 1.29 is 9.21 Å². The average molecular weight is 250 g/mol. The Balaban J connectivity index is 1.65. The maximum absolute atomic E-state index is 12.0. The van der Waals surface area contributed by atoms with Crippen LogP contribution >= 0.6 is 0 Å². The van der Waals surface area contributed by atoms with Gasteiger partial charge in [-0.15, -0.1) is 0 Å². The van der Waals surface area contributed by atoms with Crippen LogP contribution < -0.4 is 5.32 Å². The van der Waals surface area contributed by atoms with Gasteiger partial charge in [-0.25, -0.2) is 0 Å². The topological polar surface area (TPSA) is 45.5 Å². The highest BCUT2D eigenvalue weighted by Gasteiger charge is 2.25. The van der Waals surface area contributed by atoms with E-state index in [1.54, 1.807) is 6.26 Å². The number of furan rings is 1. The summed E-state index contributed by atoms with van der Waals surface area (Å²) in [5, 5.41) is 3.02. The van der Waals surface area contributed by atoms with Gasteiger partial charge in [0.1, 0.15) is 5.76 Å². The Morgan fingerprint density at radius 2 is 2.44 bits per heavy atom. The minimum Gasteiger partial charge on any atom is -0.469 e. The fraction of sp³-hybridized carbons (Fsp3) is 0.643. The van der Waals surface area contributed by atoms with Crippen LogP contribution in [0.2, 0.25) is 0 Å². The maximum atomic E-state index is 12.0. The number of amides is 1. The zero-order valence-corrected chi connectivity index (χ0v) is 11.0. The summed E-state index contributed by atoms with van der Waals surface area (Å²) in [5.74, 6) is 1.16. The Labute approximate surface area is 108 Å². The number of hydrogen-bond donors (Lipinski definition) is 1. The maximum Gasteiger partial charge on any atom is 0.237 e. The minimum atomic E-state index is 0.0716. The van der Waals surface area contributed by atoms with E-state index in [4.69, 9.17) is 4.42 Å². The van der Waals surface area contributed by atoms with Crippen molar-refractivity contribution in [2.24, 2.45) is 0 Å². The van der Waals surface area contributed by atoms with Gasteiger partial charge in [0, 0.05) is 13.0 Å². The van der Waals surface area contributed by atoms with Gasteiger partial charge in [0.2, 0.25) is 5.91 Å². The Bertz CT molecular complexity index is 362. The lowest BCUT2D eigenvalue weighted by Crippen LogP contribution is -2.47. The number of hydrogen-bond acceptors (Lipinski definition) is 3. The SMILES string of the molecule is CN1CCCC[C@H]1C(=O)NCCCc1ccco1. The predicted octanol–water partition coefficient (Wildman–Crippen LogP) is 1.81. The summed E-state index contributed by atoms with van der Waals surface area (Å²) in [4.78, 5) is 14.2. The molecule has 0 aliphatic carbocycles. The van der Waals surface area contributed by atoms with Crippen molar-refractivity contribution in [1.29, 1.82) is 0 Å². The van der Waals surface area contributed by atoms with Crippen molar-refractivity contribution in [2.75, 3.05) is 20.1 Å². The third kappa shape index (κ3) is 3.60. The number of aryl methyl sites for hydroxylation is 1. The van der Waals surface area contributed by atoms with Crippen LogP contribution in [0.1, 0.15) is 31.4 Å². The van der Waals surface area contributed by atoms with Crippen LogP contribution in [0.15, 0.2) is 22.8 Å². The van der Waals surface area contributed by atoms with Gasteiger partial charge in [-0.3, -0.25) is 9.69 Å². The summed E-state index contributed by atoms with van der Waals surface area (Å²) in [7, 11) is 2.03. The van der Waals surface area contributed by atoms with Gasteiger partial charge < -0.3 is 9.73 Å². The number of rotatable bonds is 5. The van der Waals surface area contributed by atoms with Crippen molar-refractivity contribution in [1.82, 2.24) is 10.2 Å². The van der Waals surface area contributed by atoms with E-state index in [1.807, 2.05) is 19.2 Å². The zero-order chi connectivity index (χ0) is 12.8. The predicted molar refractivity (Wildman–Crippen MR) is 70.3 cm³/mol. The van der Waals surface area contributed by atoms with Crippen molar-refractivity contribution >= 4 is 5.91 Å². The van der Waals surface area contributed by atoms with Crippen molar-refractivity contribution in [3.8, 4) is 0 Å². The van der Waals surface area contributed by atoms with Crippen LogP contribution in [-0.2, 0) is 11.2 Å². The molecule has 1 fully saturated rings. The van der Waals surface area contributed by atoms with Crippen LogP contribution in [0, 0.1) is 0 Å². The van der Waals surface area contributed by atoms with Crippen molar-refractivity contribution in [3.05, 3.63) is 24.2 Å². The lowest BCUT2D eigenvalue weighted by Gasteiger charge is -2.31. The van der Waals surface area contributed by atoms with Crippen LogP contribution in [0.4, 0.5) is 0 Å². The summed E-state index contributed by atoms with van der Waals surface area (Å²) in [6.07, 6.45) is 6.85. The Hall–Kier alpha value is -1.29. The molecule has 0 spiro atoms. The van der Waals surface area contributed by atoms with E-state index in [9.17, 15) is 4.79 Å². The molecule has 1 saturated heterocycles. The number of likely N-dealkylation sites (N-methyl/N-ethyl adjacent to an activating group) is 1. The number of nitrogens with zero attached hydrogens (tertiary/aromatic N) is 1. The molecule has 2 rings (SSSR count). The van der Waals surface area contributed by atoms with E-state index in [0.717, 1.165) is 44.5 Å². The summed E-state index contributed by atoms with van der Waals surface area (Å²) in [6, 6.07) is 3.93. The third-order valence-electron chi connectivity index (χ3n) is 3.55. The molecule has 0 bridgehead atoms. The largest absolute Gasteiger partial charge is 0.469 e. The first-order valence-electron chi connectivity index (χ1n) is 6.77. The third-order valence-corrected chi connectivity index (χ3v) is 3.55. The van der Waals surface area contributed by atoms with E-state index in [1.165, 1.54) is 6.42 Å². The molecular formula is C14H22N2O2. The molecule has 1 aliphatic rings. The highest BCUT2D eigenvalue weighted by Crippen LogP contribution is 2.14. The van der Waals surface area contributed by atoms with Gasteiger partial charge in [-0.05, 0) is 45.0 Å². The molecule has 1 N–H and O–H groups in total. The Kier molecular flexibility index (Phi) is 4.81. The number of carbonyl (C=O) groups excluding carboxylic acids is 1. The molecule has 18 heavy (non-hydrogen) atoms. The standard InChI is InChI=1S/C14H22N2O2/c1-16-10-3-2-8-13(16)14(17)15-9-4-6-12-7-5-11-18-12/h5,7,11,13H,2-4,6,8-10H2,1H3,(H,15,17)/t13-/m0/s1.